The summed E-state index contributed by atoms with van der Waals surface area (Å²) in [6.45, 7) is 1.75. The van der Waals surface area contributed by atoms with Crippen LogP contribution in [-0.2, 0) is 9.84 Å². The van der Waals surface area contributed by atoms with E-state index < -0.39 is 15.8 Å². The van der Waals surface area contributed by atoms with E-state index in [1.807, 2.05) is 0 Å². The summed E-state index contributed by atoms with van der Waals surface area (Å²) in [4.78, 5) is 11.0. The van der Waals surface area contributed by atoms with Crippen molar-refractivity contribution in [2.24, 2.45) is 0 Å². The smallest absolute Gasteiger partial charge is 0.353 e. The van der Waals surface area contributed by atoms with Crippen molar-refractivity contribution in [2.45, 2.75) is 11.8 Å². The highest BCUT2D eigenvalue weighted by Crippen LogP contribution is 2.24. The Kier molecular flexibility index (Phi) is 3.15. The molecule has 0 spiro atoms. The molecule has 0 aliphatic rings. The molecule has 0 saturated heterocycles. The van der Waals surface area contributed by atoms with Gasteiger partial charge in [-0.3, -0.25) is 5.10 Å². The Bertz CT molecular complexity index is 747. The van der Waals surface area contributed by atoms with Crippen LogP contribution < -0.4 is 0 Å². The van der Waals surface area contributed by atoms with Crippen LogP contribution in [0.1, 0.15) is 16.1 Å². The summed E-state index contributed by atoms with van der Waals surface area (Å²) in [7, 11) is -3.25. The number of carboxylic acids is 1. The molecule has 0 unspecified atom stereocenters. The first-order valence-corrected chi connectivity index (χ1v) is 7.28. The van der Waals surface area contributed by atoms with Crippen LogP contribution in [0.3, 0.4) is 0 Å². The zero-order chi connectivity index (χ0) is 14.2. The number of aromatic carboxylic acids is 1. The van der Waals surface area contributed by atoms with E-state index in [-0.39, 0.29) is 10.6 Å². The van der Waals surface area contributed by atoms with Gasteiger partial charge in [0, 0.05) is 11.8 Å². The summed E-state index contributed by atoms with van der Waals surface area (Å²) < 4.78 is 22.9. The summed E-state index contributed by atoms with van der Waals surface area (Å²) in [5.74, 6) is -1.09. The van der Waals surface area contributed by atoms with E-state index in [0.717, 1.165) is 6.26 Å². The van der Waals surface area contributed by atoms with Crippen LogP contribution in [0.25, 0.3) is 11.3 Å². The Morgan fingerprint density at radius 3 is 2.47 bits per heavy atom. The molecular weight excluding hydrogens is 268 g/mol. The number of H-pyrrole nitrogens is 1. The van der Waals surface area contributed by atoms with Crippen LogP contribution >= 0.6 is 0 Å². The molecule has 2 rings (SSSR count). The Hall–Kier alpha value is -2.15. The number of nitrogens with one attached hydrogen (secondary N) is 1. The molecule has 0 saturated carbocycles. The molecule has 0 aliphatic heterocycles. The lowest BCUT2D eigenvalue weighted by Crippen LogP contribution is -1.98. The van der Waals surface area contributed by atoms with E-state index >= 15 is 0 Å². The van der Waals surface area contributed by atoms with Gasteiger partial charge in [-0.15, -0.1) is 0 Å². The molecule has 19 heavy (non-hydrogen) atoms. The predicted molar refractivity (Wildman–Crippen MR) is 68.8 cm³/mol. The molecule has 0 fully saturated rings. The van der Waals surface area contributed by atoms with Gasteiger partial charge in [0.05, 0.1) is 10.6 Å². The van der Waals surface area contributed by atoms with Gasteiger partial charge >= 0.3 is 5.97 Å². The number of aromatic amines is 1. The maximum Gasteiger partial charge on any atom is 0.353 e. The molecule has 6 nitrogen and oxygen atoms in total. The highest BCUT2D eigenvalue weighted by molar-refractivity contribution is 7.90. The minimum Gasteiger partial charge on any atom is -0.477 e. The molecule has 0 radical (unpaired) electrons. The number of benzene rings is 1. The number of hydrogen-bond acceptors (Lipinski definition) is 4. The first-order valence-electron chi connectivity index (χ1n) is 5.39. The van der Waals surface area contributed by atoms with Gasteiger partial charge in [-0.05, 0) is 30.7 Å². The second kappa shape index (κ2) is 4.51. The van der Waals surface area contributed by atoms with Crippen molar-refractivity contribution in [3.8, 4) is 11.3 Å². The number of carboxylic acid groups (broad SMARTS) is 1. The van der Waals surface area contributed by atoms with Gasteiger partial charge in [-0.2, -0.15) is 5.10 Å². The second-order valence-corrected chi connectivity index (χ2v) is 6.24. The molecule has 0 amide bonds. The van der Waals surface area contributed by atoms with Crippen molar-refractivity contribution < 1.29 is 18.3 Å². The van der Waals surface area contributed by atoms with Crippen LogP contribution in [0.4, 0.5) is 0 Å². The van der Waals surface area contributed by atoms with Gasteiger partial charge < -0.3 is 5.11 Å². The largest absolute Gasteiger partial charge is 0.477 e. The summed E-state index contributed by atoms with van der Waals surface area (Å²) in [6.07, 6.45) is 1.14. The van der Waals surface area contributed by atoms with Gasteiger partial charge in [0.1, 0.15) is 5.69 Å². The van der Waals surface area contributed by atoms with Gasteiger partial charge in [0.25, 0.3) is 0 Å². The van der Waals surface area contributed by atoms with E-state index in [2.05, 4.69) is 10.2 Å². The number of hydrogen-bond donors (Lipinski definition) is 2. The van der Waals surface area contributed by atoms with Crippen LogP contribution in [0.5, 0.6) is 0 Å². The molecule has 1 aromatic heterocycles. The lowest BCUT2D eigenvalue weighted by atomic mass is 10.1. The fourth-order valence-corrected chi connectivity index (χ4v) is 2.43. The standard InChI is InChI=1S/C12H12N2O4S/c1-7-5-8(19(2,17)18)3-4-9(7)10-6-11(12(15)16)14-13-10/h3-6H,1-2H3,(H,13,14)(H,15,16). The second-order valence-electron chi connectivity index (χ2n) is 4.22. The highest BCUT2D eigenvalue weighted by atomic mass is 32.2. The van der Waals surface area contributed by atoms with E-state index in [4.69, 9.17) is 5.11 Å². The Morgan fingerprint density at radius 2 is 2.00 bits per heavy atom. The van der Waals surface area contributed by atoms with Crippen molar-refractivity contribution in [3.05, 3.63) is 35.5 Å². The summed E-state index contributed by atoms with van der Waals surface area (Å²) in [5, 5.41) is 15.1. The van der Waals surface area contributed by atoms with Crippen LogP contribution in [0, 0.1) is 6.92 Å². The Labute approximate surface area is 110 Å². The third kappa shape index (κ3) is 2.65. The normalized spacial score (nSPS) is 11.5. The van der Waals surface area contributed by atoms with Gasteiger partial charge in [0.2, 0.25) is 0 Å². The SMILES string of the molecule is Cc1cc(S(C)(=O)=O)ccc1-c1cc(C(=O)O)[nH]n1. The van der Waals surface area contributed by atoms with E-state index in [1.54, 1.807) is 19.1 Å². The van der Waals surface area contributed by atoms with E-state index in [1.165, 1.54) is 12.1 Å². The number of aromatic nitrogens is 2. The first kappa shape index (κ1) is 13.3. The molecule has 0 atom stereocenters. The van der Waals surface area contributed by atoms with Crippen molar-refractivity contribution >= 4 is 15.8 Å². The molecule has 1 aromatic carbocycles. The third-order valence-electron chi connectivity index (χ3n) is 2.71. The van der Waals surface area contributed by atoms with Crippen LogP contribution in [-0.4, -0.2) is 35.9 Å². The number of carbonyl (C=O) groups is 1. The van der Waals surface area contributed by atoms with Gasteiger partial charge in [-0.1, -0.05) is 6.07 Å². The van der Waals surface area contributed by atoms with E-state index in [0.29, 0.717) is 16.8 Å². The number of sulfone groups is 1. The number of nitrogens with zero attached hydrogens (tertiary/aromatic N) is 1. The topological polar surface area (TPSA) is 100 Å². The predicted octanol–water partition coefficient (Wildman–Crippen LogP) is 1.49. The van der Waals surface area contributed by atoms with Crippen molar-refractivity contribution in [1.82, 2.24) is 10.2 Å². The van der Waals surface area contributed by atoms with Crippen LogP contribution in [0.15, 0.2) is 29.2 Å². The molecule has 1 heterocycles. The Balaban J connectivity index is 2.49. The van der Waals surface area contributed by atoms with E-state index in [9.17, 15) is 13.2 Å². The number of aryl methyl sites for hydroxylation is 1. The quantitative estimate of drug-likeness (QED) is 0.887. The first-order chi connectivity index (χ1) is 8.79. The molecule has 0 bridgehead atoms. The lowest BCUT2D eigenvalue weighted by Gasteiger charge is -2.05. The summed E-state index contributed by atoms with van der Waals surface area (Å²) in [6, 6.07) is 6.05. The lowest BCUT2D eigenvalue weighted by molar-refractivity contribution is 0.0690. The minimum absolute atomic E-state index is 0.0124. The van der Waals surface area contributed by atoms with Crippen molar-refractivity contribution in [3.63, 3.8) is 0 Å². The average Bonchev–Trinajstić information content (AvgIpc) is 2.76. The van der Waals surface area contributed by atoms with Crippen molar-refractivity contribution in [2.75, 3.05) is 6.26 Å². The molecule has 2 N–H and O–H groups in total. The average molecular weight is 280 g/mol. The molecule has 2 aromatic rings. The van der Waals surface area contributed by atoms with Gasteiger partial charge in [-0.25, -0.2) is 13.2 Å². The molecular formula is C12H12N2O4S. The summed E-state index contributed by atoms with van der Waals surface area (Å²) in [5.41, 5.74) is 1.86. The van der Waals surface area contributed by atoms with Crippen molar-refractivity contribution in [1.29, 1.82) is 0 Å². The third-order valence-corrected chi connectivity index (χ3v) is 3.82. The highest BCUT2D eigenvalue weighted by Gasteiger charge is 2.13. The zero-order valence-electron chi connectivity index (χ0n) is 10.3. The number of rotatable bonds is 3. The Morgan fingerprint density at radius 1 is 1.32 bits per heavy atom. The maximum atomic E-state index is 11.4. The fourth-order valence-electron chi connectivity index (χ4n) is 1.72. The van der Waals surface area contributed by atoms with Gasteiger partial charge in [0.15, 0.2) is 9.84 Å². The summed E-state index contributed by atoms with van der Waals surface area (Å²) >= 11 is 0. The molecule has 100 valence electrons. The minimum atomic E-state index is -3.25. The molecule has 7 heteroatoms. The monoisotopic (exact) mass is 280 g/mol. The maximum absolute atomic E-state index is 11.4. The zero-order valence-corrected chi connectivity index (χ0v) is 11.2. The fraction of sp³-hybridized carbons (Fsp3) is 0.167. The molecule has 0 aliphatic carbocycles. The van der Waals surface area contributed by atoms with Crippen LogP contribution in [0.2, 0.25) is 0 Å².